The van der Waals surface area contributed by atoms with E-state index in [1.165, 1.54) is 0 Å². The molecule has 0 fully saturated rings. The maximum Gasteiger partial charge on any atom is 0.330 e. The molecule has 2 amide bonds. The number of nitrogens with one attached hydrogen (secondary N) is 1. The number of anilines is 3. The van der Waals surface area contributed by atoms with Crippen molar-refractivity contribution < 1.29 is 4.79 Å². The van der Waals surface area contributed by atoms with Gasteiger partial charge in [0, 0.05) is 5.69 Å². The molecule has 0 saturated heterocycles. The molecule has 6 aromatic carbocycles. The largest absolute Gasteiger partial charge is 0.330 e. The molecular weight excluding hydrogens is 416 g/mol. The van der Waals surface area contributed by atoms with Crippen molar-refractivity contribution in [3.63, 3.8) is 0 Å². The topological polar surface area (TPSA) is 32.3 Å². The van der Waals surface area contributed by atoms with Crippen LogP contribution in [0.3, 0.4) is 0 Å². The summed E-state index contributed by atoms with van der Waals surface area (Å²) in [6.07, 6.45) is 0. The number of rotatable bonds is 3. The first-order chi connectivity index (χ1) is 16.7. The van der Waals surface area contributed by atoms with Crippen LogP contribution in [0, 0.1) is 0 Å². The van der Waals surface area contributed by atoms with Crippen LogP contribution in [0.15, 0.2) is 127 Å². The third kappa shape index (κ3) is 3.74. The summed E-state index contributed by atoms with van der Waals surface area (Å²) in [5.74, 6) is 0. The van der Waals surface area contributed by atoms with Crippen molar-refractivity contribution in [1.29, 1.82) is 0 Å². The van der Waals surface area contributed by atoms with E-state index in [-0.39, 0.29) is 6.03 Å². The molecule has 0 spiro atoms. The highest BCUT2D eigenvalue weighted by Gasteiger charge is 2.19. The van der Waals surface area contributed by atoms with Gasteiger partial charge in [0.15, 0.2) is 0 Å². The zero-order chi connectivity index (χ0) is 22.9. The van der Waals surface area contributed by atoms with Crippen LogP contribution < -0.4 is 10.2 Å². The molecule has 3 heteroatoms. The molecule has 3 nitrogen and oxygen atoms in total. The average Bonchev–Trinajstić information content (AvgIpc) is 2.88. The van der Waals surface area contributed by atoms with E-state index in [0.29, 0.717) is 0 Å². The Morgan fingerprint density at radius 1 is 0.471 bits per heavy atom. The van der Waals surface area contributed by atoms with Gasteiger partial charge in [0.1, 0.15) is 0 Å². The summed E-state index contributed by atoms with van der Waals surface area (Å²) in [6, 6.07) is 42.5. The van der Waals surface area contributed by atoms with Crippen LogP contribution in [0.1, 0.15) is 0 Å². The van der Waals surface area contributed by atoms with Gasteiger partial charge >= 0.3 is 6.03 Å². The van der Waals surface area contributed by atoms with Crippen molar-refractivity contribution in [2.75, 3.05) is 10.2 Å². The van der Waals surface area contributed by atoms with Crippen molar-refractivity contribution in [1.82, 2.24) is 0 Å². The quantitative estimate of drug-likeness (QED) is 0.295. The summed E-state index contributed by atoms with van der Waals surface area (Å²) in [5.41, 5.74) is 2.38. The maximum atomic E-state index is 13.7. The molecular formula is C31H22N2O. The van der Waals surface area contributed by atoms with Gasteiger partial charge in [-0.1, -0.05) is 91.0 Å². The molecule has 0 aliphatic heterocycles. The van der Waals surface area contributed by atoms with Gasteiger partial charge in [0.25, 0.3) is 0 Å². The standard InChI is InChI=1S/C31H22N2O/c34-31(32-28-16-13-22-7-1-4-10-25(22)19-28)33(29-17-14-23-8-2-5-11-26(23)20-29)30-18-15-24-9-3-6-12-27(24)21-30/h1-21H,(H,32,34). The lowest BCUT2D eigenvalue weighted by Crippen LogP contribution is -2.30. The van der Waals surface area contributed by atoms with Gasteiger partial charge in [-0.15, -0.1) is 0 Å². The Balaban J connectivity index is 1.44. The Bertz CT molecular complexity index is 1590. The fraction of sp³-hybridized carbons (Fsp3) is 0. The van der Waals surface area contributed by atoms with E-state index in [1.807, 2.05) is 66.7 Å². The lowest BCUT2D eigenvalue weighted by Gasteiger charge is -2.24. The number of carbonyl (C=O) groups is 1. The Kier molecular flexibility index (Phi) is 4.93. The van der Waals surface area contributed by atoms with Crippen molar-refractivity contribution in [2.45, 2.75) is 0 Å². The van der Waals surface area contributed by atoms with Crippen molar-refractivity contribution in [3.05, 3.63) is 127 Å². The smallest absolute Gasteiger partial charge is 0.307 e. The van der Waals surface area contributed by atoms with Crippen LogP contribution in [0.25, 0.3) is 32.3 Å². The third-order valence-electron chi connectivity index (χ3n) is 6.19. The van der Waals surface area contributed by atoms with Crippen LogP contribution in [0.5, 0.6) is 0 Å². The Morgan fingerprint density at radius 3 is 1.38 bits per heavy atom. The fourth-order valence-electron chi connectivity index (χ4n) is 4.46. The first kappa shape index (κ1) is 20.0. The highest BCUT2D eigenvalue weighted by Crippen LogP contribution is 2.32. The Hall–Kier alpha value is -4.63. The summed E-state index contributed by atoms with van der Waals surface area (Å²) in [4.78, 5) is 15.5. The molecule has 0 heterocycles. The SMILES string of the molecule is O=C(Nc1ccc2ccccc2c1)N(c1ccc2ccccc2c1)c1ccc2ccccc2c1. The van der Waals surface area contributed by atoms with E-state index in [0.717, 1.165) is 49.4 Å². The van der Waals surface area contributed by atoms with Crippen molar-refractivity contribution in [3.8, 4) is 0 Å². The molecule has 0 atom stereocenters. The number of nitrogens with zero attached hydrogens (tertiary/aromatic N) is 1. The number of carbonyl (C=O) groups excluding carboxylic acids is 1. The first-order valence-electron chi connectivity index (χ1n) is 11.3. The number of hydrogen-bond donors (Lipinski definition) is 1. The fourth-order valence-corrected chi connectivity index (χ4v) is 4.46. The third-order valence-corrected chi connectivity index (χ3v) is 6.19. The van der Waals surface area contributed by atoms with E-state index in [1.54, 1.807) is 4.90 Å². The lowest BCUT2D eigenvalue weighted by atomic mass is 10.1. The Labute approximate surface area is 197 Å². The molecule has 162 valence electrons. The van der Waals surface area contributed by atoms with Crippen LogP contribution in [-0.2, 0) is 0 Å². The highest BCUT2D eigenvalue weighted by molar-refractivity contribution is 6.09. The second-order valence-electron chi connectivity index (χ2n) is 8.39. The molecule has 34 heavy (non-hydrogen) atoms. The van der Waals surface area contributed by atoms with E-state index in [2.05, 4.69) is 66.0 Å². The molecule has 0 aliphatic rings. The molecule has 6 aromatic rings. The molecule has 0 radical (unpaired) electrons. The van der Waals surface area contributed by atoms with Crippen LogP contribution >= 0.6 is 0 Å². The minimum absolute atomic E-state index is 0.208. The molecule has 1 N–H and O–H groups in total. The van der Waals surface area contributed by atoms with Crippen LogP contribution in [0.4, 0.5) is 21.9 Å². The molecule has 0 aliphatic carbocycles. The normalized spacial score (nSPS) is 11.1. The molecule has 6 rings (SSSR count). The number of benzene rings is 6. The van der Waals surface area contributed by atoms with E-state index < -0.39 is 0 Å². The minimum atomic E-state index is -0.208. The van der Waals surface area contributed by atoms with Gasteiger partial charge < -0.3 is 5.32 Å². The average molecular weight is 439 g/mol. The zero-order valence-corrected chi connectivity index (χ0v) is 18.5. The highest BCUT2D eigenvalue weighted by atomic mass is 16.2. The summed E-state index contributed by atoms with van der Waals surface area (Å²) in [7, 11) is 0. The van der Waals surface area contributed by atoms with E-state index in [9.17, 15) is 4.79 Å². The predicted molar refractivity (Wildman–Crippen MR) is 143 cm³/mol. The Morgan fingerprint density at radius 2 is 0.882 bits per heavy atom. The molecule has 0 saturated carbocycles. The number of amides is 2. The summed E-state index contributed by atoms with van der Waals surface area (Å²) >= 11 is 0. The monoisotopic (exact) mass is 438 g/mol. The number of urea groups is 1. The maximum absolute atomic E-state index is 13.7. The van der Waals surface area contributed by atoms with E-state index >= 15 is 0 Å². The summed E-state index contributed by atoms with van der Waals surface area (Å²) in [5, 5.41) is 9.79. The minimum Gasteiger partial charge on any atom is -0.307 e. The second-order valence-corrected chi connectivity index (χ2v) is 8.39. The predicted octanol–water partition coefficient (Wildman–Crippen LogP) is 8.52. The van der Waals surface area contributed by atoms with Gasteiger partial charge in [0.05, 0.1) is 11.4 Å². The summed E-state index contributed by atoms with van der Waals surface area (Å²) < 4.78 is 0. The zero-order valence-electron chi connectivity index (χ0n) is 18.5. The second kappa shape index (κ2) is 8.38. The molecule has 0 unspecified atom stereocenters. The number of fused-ring (bicyclic) bond motifs is 3. The molecule has 0 bridgehead atoms. The van der Waals surface area contributed by atoms with Crippen molar-refractivity contribution in [2.24, 2.45) is 0 Å². The summed E-state index contributed by atoms with van der Waals surface area (Å²) in [6.45, 7) is 0. The van der Waals surface area contributed by atoms with Crippen molar-refractivity contribution >= 4 is 55.4 Å². The van der Waals surface area contributed by atoms with Gasteiger partial charge in [0.2, 0.25) is 0 Å². The van der Waals surface area contributed by atoms with E-state index in [4.69, 9.17) is 0 Å². The van der Waals surface area contributed by atoms with Gasteiger partial charge in [-0.2, -0.15) is 0 Å². The number of hydrogen-bond acceptors (Lipinski definition) is 1. The lowest BCUT2D eigenvalue weighted by molar-refractivity contribution is 0.259. The van der Waals surface area contributed by atoms with Crippen LogP contribution in [-0.4, -0.2) is 6.03 Å². The van der Waals surface area contributed by atoms with Crippen LogP contribution in [0.2, 0.25) is 0 Å². The molecule has 0 aromatic heterocycles. The van der Waals surface area contributed by atoms with Gasteiger partial charge in [-0.05, 0) is 68.7 Å². The first-order valence-corrected chi connectivity index (χ1v) is 11.3. The van der Waals surface area contributed by atoms with Gasteiger partial charge in [-0.25, -0.2) is 4.79 Å². The van der Waals surface area contributed by atoms with Gasteiger partial charge in [-0.3, -0.25) is 4.90 Å².